The number of halogens is 5. The summed E-state index contributed by atoms with van der Waals surface area (Å²) in [4.78, 5) is 0. The molecule has 0 radical (unpaired) electrons. The Bertz CT molecular complexity index is 635. The SMILES string of the molecule is N#C/C(=N\Nc1cc(OC(F)F)ccc1C(F)(F)F)C(=N)N. The van der Waals surface area contributed by atoms with E-state index >= 15 is 0 Å². The summed E-state index contributed by atoms with van der Waals surface area (Å²) in [7, 11) is 0. The van der Waals surface area contributed by atoms with Crippen LogP contribution in [0.15, 0.2) is 23.3 Å². The van der Waals surface area contributed by atoms with Crippen molar-refractivity contribution in [1.82, 2.24) is 0 Å². The Morgan fingerprint density at radius 3 is 2.50 bits per heavy atom. The number of nitrogens with two attached hydrogens (primary N) is 1. The number of hydrogen-bond acceptors (Lipinski definition) is 5. The predicted molar refractivity (Wildman–Crippen MR) is 66.7 cm³/mol. The molecule has 1 aromatic rings. The van der Waals surface area contributed by atoms with Gasteiger partial charge >= 0.3 is 12.8 Å². The van der Waals surface area contributed by atoms with Crippen LogP contribution in [-0.2, 0) is 6.18 Å². The fourth-order valence-corrected chi connectivity index (χ4v) is 1.30. The minimum absolute atomic E-state index is 0.509. The maximum atomic E-state index is 12.8. The van der Waals surface area contributed by atoms with E-state index in [1.54, 1.807) is 0 Å². The van der Waals surface area contributed by atoms with E-state index in [1.807, 2.05) is 5.43 Å². The number of benzene rings is 1. The molecule has 118 valence electrons. The summed E-state index contributed by atoms with van der Waals surface area (Å²) in [5.74, 6) is -1.31. The minimum Gasteiger partial charge on any atom is -0.435 e. The Morgan fingerprint density at radius 1 is 1.41 bits per heavy atom. The van der Waals surface area contributed by atoms with Crippen LogP contribution in [0.5, 0.6) is 5.75 Å². The lowest BCUT2D eigenvalue weighted by atomic mass is 10.1. The molecule has 0 aliphatic rings. The Labute approximate surface area is 120 Å². The highest BCUT2D eigenvalue weighted by Gasteiger charge is 2.34. The molecule has 0 heterocycles. The molecule has 0 aromatic heterocycles. The molecule has 1 aromatic carbocycles. The molecule has 4 N–H and O–H groups in total. The first-order valence-electron chi connectivity index (χ1n) is 5.39. The Morgan fingerprint density at radius 2 is 2.05 bits per heavy atom. The fraction of sp³-hybridized carbons (Fsp3) is 0.182. The van der Waals surface area contributed by atoms with Gasteiger partial charge < -0.3 is 10.5 Å². The summed E-state index contributed by atoms with van der Waals surface area (Å²) >= 11 is 0. The summed E-state index contributed by atoms with van der Waals surface area (Å²) in [6, 6.07) is 3.23. The summed E-state index contributed by atoms with van der Waals surface area (Å²) < 4.78 is 66.5. The predicted octanol–water partition coefficient (Wildman–Crippen LogP) is 2.53. The molecular weight excluding hydrogens is 313 g/mol. The molecule has 0 unspecified atom stereocenters. The molecule has 0 bridgehead atoms. The van der Waals surface area contributed by atoms with Crippen LogP contribution < -0.4 is 15.9 Å². The molecule has 11 heteroatoms. The van der Waals surface area contributed by atoms with Gasteiger partial charge in [-0.05, 0) is 12.1 Å². The number of hydrazone groups is 1. The van der Waals surface area contributed by atoms with Gasteiger partial charge in [0.1, 0.15) is 11.8 Å². The molecule has 6 nitrogen and oxygen atoms in total. The highest BCUT2D eigenvalue weighted by Crippen LogP contribution is 2.37. The Kier molecular flexibility index (Phi) is 5.23. The fourth-order valence-electron chi connectivity index (χ4n) is 1.30. The normalized spacial score (nSPS) is 12.0. The van der Waals surface area contributed by atoms with Crippen LogP contribution in [0.2, 0.25) is 0 Å². The van der Waals surface area contributed by atoms with E-state index in [0.29, 0.717) is 18.2 Å². The lowest BCUT2D eigenvalue weighted by Gasteiger charge is -2.14. The second-order valence-corrected chi connectivity index (χ2v) is 3.68. The largest absolute Gasteiger partial charge is 0.435 e. The van der Waals surface area contributed by atoms with E-state index in [9.17, 15) is 22.0 Å². The van der Waals surface area contributed by atoms with Gasteiger partial charge in [-0.2, -0.15) is 32.3 Å². The van der Waals surface area contributed by atoms with Crippen molar-refractivity contribution >= 4 is 17.2 Å². The number of ether oxygens (including phenoxy) is 1. The molecule has 0 aliphatic carbocycles. The van der Waals surface area contributed by atoms with Gasteiger partial charge in [0.25, 0.3) is 0 Å². The molecule has 0 atom stereocenters. The second-order valence-electron chi connectivity index (χ2n) is 3.68. The van der Waals surface area contributed by atoms with E-state index in [2.05, 4.69) is 9.84 Å². The summed E-state index contributed by atoms with van der Waals surface area (Å²) in [6.07, 6.45) is -4.80. The van der Waals surface area contributed by atoms with Gasteiger partial charge in [-0.15, -0.1) is 0 Å². The first-order chi connectivity index (χ1) is 10.1. The molecule has 0 amide bonds. The van der Waals surface area contributed by atoms with Gasteiger partial charge in [0, 0.05) is 6.07 Å². The standard InChI is InChI=1S/C11H8F5N5O/c12-10(13)22-5-1-2-6(11(14,15)16)7(3-5)20-21-8(4-17)9(18)19/h1-3,10,20H,(H3,18,19)/b21-8+. The zero-order chi connectivity index (χ0) is 16.9. The zero-order valence-electron chi connectivity index (χ0n) is 10.6. The molecule has 0 saturated carbocycles. The molecule has 0 fully saturated rings. The highest BCUT2D eigenvalue weighted by atomic mass is 19.4. The molecule has 22 heavy (non-hydrogen) atoms. The monoisotopic (exact) mass is 321 g/mol. The average Bonchev–Trinajstić information content (AvgIpc) is 2.37. The third-order valence-corrected chi connectivity index (χ3v) is 2.17. The highest BCUT2D eigenvalue weighted by molar-refractivity contribution is 6.45. The van der Waals surface area contributed by atoms with E-state index in [4.69, 9.17) is 16.4 Å². The van der Waals surface area contributed by atoms with Crippen LogP contribution in [0.3, 0.4) is 0 Å². The van der Waals surface area contributed by atoms with Crippen molar-refractivity contribution in [3.05, 3.63) is 23.8 Å². The van der Waals surface area contributed by atoms with E-state index in [0.717, 1.165) is 0 Å². The summed E-state index contributed by atoms with van der Waals surface area (Å²) in [5.41, 5.74) is 4.21. The maximum absolute atomic E-state index is 12.8. The lowest BCUT2D eigenvalue weighted by Crippen LogP contribution is -2.22. The number of hydrogen-bond donors (Lipinski definition) is 3. The smallest absolute Gasteiger partial charge is 0.418 e. The van der Waals surface area contributed by atoms with Crippen LogP contribution >= 0.6 is 0 Å². The Balaban J connectivity index is 3.23. The minimum atomic E-state index is -4.80. The van der Waals surface area contributed by atoms with E-state index in [-0.39, 0.29) is 0 Å². The molecular formula is C11H8F5N5O. The van der Waals surface area contributed by atoms with E-state index < -0.39 is 41.3 Å². The quantitative estimate of drug-likeness (QED) is 0.335. The number of rotatable bonds is 5. The van der Waals surface area contributed by atoms with Crippen molar-refractivity contribution < 1.29 is 26.7 Å². The topological polar surface area (TPSA) is 107 Å². The second kappa shape index (κ2) is 6.70. The van der Waals surface area contributed by atoms with Crippen molar-refractivity contribution in [2.75, 3.05) is 5.43 Å². The van der Waals surface area contributed by atoms with Crippen LogP contribution in [0.1, 0.15) is 5.56 Å². The van der Waals surface area contributed by atoms with Crippen molar-refractivity contribution in [3.8, 4) is 11.8 Å². The molecule has 0 aliphatic heterocycles. The first-order valence-corrected chi connectivity index (χ1v) is 5.39. The van der Waals surface area contributed by atoms with Gasteiger partial charge in [0.2, 0.25) is 5.71 Å². The van der Waals surface area contributed by atoms with Gasteiger partial charge in [-0.1, -0.05) is 0 Å². The average molecular weight is 321 g/mol. The summed E-state index contributed by atoms with van der Waals surface area (Å²) in [6.45, 7) is -3.22. The van der Waals surface area contributed by atoms with Crippen molar-refractivity contribution in [3.63, 3.8) is 0 Å². The van der Waals surface area contributed by atoms with Gasteiger partial charge in [0.05, 0.1) is 11.3 Å². The first kappa shape index (κ1) is 17.2. The number of nitriles is 1. The van der Waals surface area contributed by atoms with Crippen molar-refractivity contribution in [2.24, 2.45) is 10.8 Å². The summed E-state index contributed by atoms with van der Waals surface area (Å²) in [5, 5.41) is 18.8. The maximum Gasteiger partial charge on any atom is 0.418 e. The number of nitrogens with one attached hydrogen (secondary N) is 2. The van der Waals surface area contributed by atoms with Crippen molar-refractivity contribution in [1.29, 1.82) is 10.7 Å². The van der Waals surface area contributed by atoms with Gasteiger partial charge in [-0.3, -0.25) is 10.8 Å². The van der Waals surface area contributed by atoms with Gasteiger partial charge in [-0.25, -0.2) is 0 Å². The van der Waals surface area contributed by atoms with Crippen LogP contribution in [-0.4, -0.2) is 18.2 Å². The molecule has 1 rings (SSSR count). The number of anilines is 1. The molecule has 0 spiro atoms. The molecule has 0 saturated heterocycles. The third-order valence-electron chi connectivity index (χ3n) is 2.17. The Hall–Kier alpha value is -2.90. The van der Waals surface area contributed by atoms with Gasteiger partial charge in [0.15, 0.2) is 5.84 Å². The number of amidine groups is 1. The van der Waals surface area contributed by atoms with Crippen LogP contribution in [0, 0.1) is 16.7 Å². The number of nitrogens with zero attached hydrogens (tertiary/aromatic N) is 2. The van der Waals surface area contributed by atoms with Crippen molar-refractivity contribution in [2.45, 2.75) is 12.8 Å². The third kappa shape index (κ3) is 4.58. The van der Waals surface area contributed by atoms with Crippen LogP contribution in [0.4, 0.5) is 27.6 Å². The lowest BCUT2D eigenvalue weighted by molar-refractivity contribution is -0.137. The zero-order valence-corrected chi connectivity index (χ0v) is 10.6. The number of alkyl halides is 5. The van der Waals surface area contributed by atoms with Crippen LogP contribution in [0.25, 0.3) is 0 Å². The van der Waals surface area contributed by atoms with E-state index in [1.165, 1.54) is 6.07 Å².